The van der Waals surface area contributed by atoms with Crippen LogP contribution in [0.4, 0.5) is 5.69 Å². The second-order valence-corrected chi connectivity index (χ2v) is 9.37. The average Bonchev–Trinajstić information content (AvgIpc) is 2.74. The van der Waals surface area contributed by atoms with Crippen LogP contribution in [0.15, 0.2) is 48.5 Å². The first kappa shape index (κ1) is 22.9. The van der Waals surface area contributed by atoms with E-state index in [1.165, 1.54) is 10.6 Å². The summed E-state index contributed by atoms with van der Waals surface area (Å²) >= 11 is 0. The van der Waals surface area contributed by atoms with Gasteiger partial charge in [-0.3, -0.25) is 9.69 Å². The molecule has 0 atom stereocenters. The van der Waals surface area contributed by atoms with Crippen molar-refractivity contribution < 1.29 is 22.7 Å². The number of rotatable bonds is 7. The van der Waals surface area contributed by atoms with Crippen LogP contribution in [-0.4, -0.2) is 68.5 Å². The maximum absolute atomic E-state index is 12.6. The fraction of sp³-hybridized carbons (Fsp3) is 0.364. The number of nitrogens with zero attached hydrogens (tertiary/aromatic N) is 2. The fourth-order valence-corrected chi connectivity index (χ4v) is 4.22. The lowest BCUT2D eigenvalue weighted by molar-refractivity contribution is 0.0526. The summed E-state index contributed by atoms with van der Waals surface area (Å²) in [5.74, 6) is -0.641. The number of carbonyl (C=O) groups excluding carboxylic acids is 2. The summed E-state index contributed by atoms with van der Waals surface area (Å²) in [6.45, 7) is 4.94. The number of nitrogens with one attached hydrogen (secondary N) is 1. The monoisotopic (exact) mass is 445 g/mol. The third kappa shape index (κ3) is 6.36. The summed E-state index contributed by atoms with van der Waals surface area (Å²) in [7, 11) is -3.15. The van der Waals surface area contributed by atoms with E-state index in [1.807, 2.05) is 18.2 Å². The highest BCUT2D eigenvalue weighted by Crippen LogP contribution is 2.15. The molecule has 1 N–H and O–H groups in total. The number of amides is 1. The molecule has 1 aliphatic heterocycles. The van der Waals surface area contributed by atoms with E-state index in [0.717, 1.165) is 5.56 Å². The molecule has 0 aromatic heterocycles. The van der Waals surface area contributed by atoms with Gasteiger partial charge in [-0.25, -0.2) is 13.2 Å². The Morgan fingerprint density at radius 3 is 2.29 bits per heavy atom. The van der Waals surface area contributed by atoms with Crippen LogP contribution in [-0.2, 0) is 21.3 Å². The molecule has 31 heavy (non-hydrogen) atoms. The molecule has 8 nitrogen and oxygen atoms in total. The zero-order valence-electron chi connectivity index (χ0n) is 17.7. The van der Waals surface area contributed by atoms with Gasteiger partial charge >= 0.3 is 5.97 Å². The van der Waals surface area contributed by atoms with Gasteiger partial charge in [0, 0.05) is 44.0 Å². The highest BCUT2D eigenvalue weighted by Gasteiger charge is 2.23. The summed E-state index contributed by atoms with van der Waals surface area (Å²) in [4.78, 5) is 26.5. The van der Waals surface area contributed by atoms with Crippen molar-refractivity contribution in [3.05, 3.63) is 65.2 Å². The van der Waals surface area contributed by atoms with E-state index in [2.05, 4.69) is 10.2 Å². The van der Waals surface area contributed by atoms with Crippen molar-refractivity contribution in [2.75, 3.05) is 44.4 Å². The van der Waals surface area contributed by atoms with E-state index in [1.54, 1.807) is 37.3 Å². The summed E-state index contributed by atoms with van der Waals surface area (Å²) in [5, 5.41) is 2.83. The van der Waals surface area contributed by atoms with E-state index in [0.29, 0.717) is 56.1 Å². The molecule has 1 amide bonds. The summed E-state index contributed by atoms with van der Waals surface area (Å²) in [6, 6.07) is 13.9. The first-order chi connectivity index (χ1) is 14.8. The van der Waals surface area contributed by atoms with Crippen LogP contribution in [0.1, 0.15) is 33.2 Å². The summed E-state index contributed by atoms with van der Waals surface area (Å²) < 4.78 is 29.7. The second-order valence-electron chi connectivity index (χ2n) is 7.39. The summed E-state index contributed by atoms with van der Waals surface area (Å²) in [6.07, 6.45) is 1.23. The molecule has 1 aliphatic rings. The second kappa shape index (κ2) is 10.0. The molecule has 9 heteroatoms. The van der Waals surface area contributed by atoms with Crippen molar-refractivity contribution in [3.8, 4) is 0 Å². The van der Waals surface area contributed by atoms with Gasteiger partial charge in [-0.1, -0.05) is 12.1 Å². The zero-order chi connectivity index (χ0) is 22.4. The first-order valence-corrected chi connectivity index (χ1v) is 12.0. The Hall–Kier alpha value is -2.75. The molecule has 0 spiro atoms. The normalized spacial score (nSPS) is 15.4. The first-order valence-electron chi connectivity index (χ1n) is 10.1. The number of esters is 1. The number of benzene rings is 2. The standard InChI is InChI=1S/C22H27N3O5S/c1-3-30-22(27)18-7-9-20(10-8-18)23-21(26)19-6-4-5-17(15-19)16-24-11-13-25(14-12-24)31(2,28)29/h4-10,15H,3,11-14,16H2,1-2H3,(H,23,26). The Morgan fingerprint density at radius 1 is 1.00 bits per heavy atom. The molecule has 166 valence electrons. The van der Waals surface area contributed by atoms with Gasteiger partial charge in [0.25, 0.3) is 5.91 Å². The molecule has 3 rings (SSSR count). The minimum Gasteiger partial charge on any atom is -0.462 e. The van der Waals surface area contributed by atoms with Gasteiger partial charge < -0.3 is 10.1 Å². The fourth-order valence-electron chi connectivity index (χ4n) is 3.40. The molecule has 0 bridgehead atoms. The Labute approximate surface area is 182 Å². The molecule has 0 saturated carbocycles. The molecule has 0 unspecified atom stereocenters. The number of carbonyl (C=O) groups is 2. The number of piperazine rings is 1. The number of hydrogen-bond acceptors (Lipinski definition) is 6. The van der Waals surface area contributed by atoms with Gasteiger partial charge in [0.1, 0.15) is 0 Å². The third-order valence-electron chi connectivity index (χ3n) is 5.05. The Kier molecular flexibility index (Phi) is 7.42. The molecule has 1 fully saturated rings. The molecule has 0 radical (unpaired) electrons. The van der Waals surface area contributed by atoms with Gasteiger partial charge in [-0.2, -0.15) is 4.31 Å². The average molecular weight is 446 g/mol. The lowest BCUT2D eigenvalue weighted by atomic mass is 10.1. The van der Waals surface area contributed by atoms with Crippen LogP contribution < -0.4 is 5.32 Å². The quantitative estimate of drug-likeness (QED) is 0.657. The Morgan fingerprint density at radius 2 is 1.68 bits per heavy atom. The van der Waals surface area contributed by atoms with Crippen molar-refractivity contribution in [3.63, 3.8) is 0 Å². The molecule has 1 heterocycles. The van der Waals surface area contributed by atoms with E-state index in [4.69, 9.17) is 4.74 Å². The molecule has 1 saturated heterocycles. The van der Waals surface area contributed by atoms with Crippen molar-refractivity contribution in [2.45, 2.75) is 13.5 Å². The third-order valence-corrected chi connectivity index (χ3v) is 6.35. The predicted molar refractivity (Wildman–Crippen MR) is 118 cm³/mol. The molecule has 2 aromatic rings. The van der Waals surface area contributed by atoms with Crippen LogP contribution in [0.2, 0.25) is 0 Å². The van der Waals surface area contributed by atoms with Gasteiger partial charge in [0.05, 0.1) is 18.4 Å². The van der Waals surface area contributed by atoms with Crippen LogP contribution >= 0.6 is 0 Å². The van der Waals surface area contributed by atoms with E-state index in [-0.39, 0.29) is 5.91 Å². The maximum atomic E-state index is 12.6. The minimum atomic E-state index is -3.15. The largest absolute Gasteiger partial charge is 0.462 e. The SMILES string of the molecule is CCOC(=O)c1ccc(NC(=O)c2cccc(CN3CCN(S(C)(=O)=O)CC3)c2)cc1. The number of ether oxygens (including phenoxy) is 1. The van der Waals surface area contributed by atoms with Crippen LogP contribution in [0.5, 0.6) is 0 Å². The van der Waals surface area contributed by atoms with Crippen molar-refractivity contribution >= 4 is 27.6 Å². The van der Waals surface area contributed by atoms with Crippen molar-refractivity contribution in [1.29, 1.82) is 0 Å². The zero-order valence-corrected chi connectivity index (χ0v) is 18.5. The lowest BCUT2D eigenvalue weighted by Crippen LogP contribution is -2.47. The number of hydrogen-bond donors (Lipinski definition) is 1. The predicted octanol–water partition coefficient (Wildman–Crippen LogP) is 2.19. The van der Waals surface area contributed by atoms with Crippen LogP contribution in [0.25, 0.3) is 0 Å². The number of sulfonamides is 1. The maximum Gasteiger partial charge on any atom is 0.338 e. The van der Waals surface area contributed by atoms with Gasteiger partial charge in [0.15, 0.2) is 0 Å². The Balaban J connectivity index is 1.58. The molecule has 0 aliphatic carbocycles. The molecular formula is C22H27N3O5S. The topological polar surface area (TPSA) is 96.0 Å². The minimum absolute atomic E-state index is 0.243. The molecular weight excluding hydrogens is 418 g/mol. The summed E-state index contributed by atoms with van der Waals surface area (Å²) in [5.41, 5.74) is 2.53. The lowest BCUT2D eigenvalue weighted by Gasteiger charge is -2.33. The Bertz CT molecular complexity index is 1030. The van der Waals surface area contributed by atoms with E-state index >= 15 is 0 Å². The smallest absolute Gasteiger partial charge is 0.338 e. The van der Waals surface area contributed by atoms with Crippen LogP contribution in [0.3, 0.4) is 0 Å². The van der Waals surface area contributed by atoms with Crippen LogP contribution in [0, 0.1) is 0 Å². The van der Waals surface area contributed by atoms with Crippen molar-refractivity contribution in [1.82, 2.24) is 9.21 Å². The van der Waals surface area contributed by atoms with Gasteiger partial charge in [-0.05, 0) is 48.9 Å². The van der Waals surface area contributed by atoms with E-state index in [9.17, 15) is 18.0 Å². The van der Waals surface area contributed by atoms with E-state index < -0.39 is 16.0 Å². The van der Waals surface area contributed by atoms with Gasteiger partial charge in [-0.15, -0.1) is 0 Å². The highest BCUT2D eigenvalue weighted by molar-refractivity contribution is 7.88. The van der Waals surface area contributed by atoms with Gasteiger partial charge in [0.2, 0.25) is 10.0 Å². The van der Waals surface area contributed by atoms with Crippen molar-refractivity contribution in [2.24, 2.45) is 0 Å². The highest BCUT2D eigenvalue weighted by atomic mass is 32.2. The number of anilines is 1. The molecule has 2 aromatic carbocycles.